The first-order valence-corrected chi connectivity index (χ1v) is 11.1. The summed E-state index contributed by atoms with van der Waals surface area (Å²) in [6.45, 7) is 1.39. The number of aromatic nitrogens is 4. The molecule has 2 aromatic heterocycles. The van der Waals surface area contributed by atoms with Gasteiger partial charge in [-0.1, -0.05) is 36.4 Å². The van der Waals surface area contributed by atoms with E-state index < -0.39 is 11.6 Å². The van der Waals surface area contributed by atoms with E-state index >= 15 is 4.39 Å². The molecule has 0 saturated heterocycles. The molecule has 7 nitrogen and oxygen atoms in total. The molecule has 9 heteroatoms. The molecule has 0 spiro atoms. The zero-order valence-electron chi connectivity index (χ0n) is 19.3. The highest BCUT2D eigenvalue weighted by Crippen LogP contribution is 2.41. The second-order valence-electron chi connectivity index (χ2n) is 8.08. The fourth-order valence-corrected chi connectivity index (χ4v) is 4.02. The van der Waals surface area contributed by atoms with Crippen molar-refractivity contribution in [3.8, 4) is 34.0 Å². The fraction of sp³-hybridized carbons (Fsp3) is 0.192. The minimum absolute atomic E-state index is 0.0390. The minimum Gasteiger partial charge on any atom is -0.436 e. The van der Waals surface area contributed by atoms with Crippen LogP contribution in [0.15, 0.2) is 65.3 Å². The first-order valence-electron chi connectivity index (χ1n) is 11.1. The van der Waals surface area contributed by atoms with Crippen molar-refractivity contribution >= 4 is 11.1 Å². The molecular formula is C26H23F2N5O2. The maximum atomic E-state index is 15.4. The highest BCUT2D eigenvalue weighted by atomic mass is 19.1. The number of fused-ring (bicyclic) bond motifs is 1. The summed E-state index contributed by atoms with van der Waals surface area (Å²) in [6, 6.07) is 15.5. The number of nitrogens with zero attached hydrogens (tertiary/aromatic N) is 4. The second kappa shape index (κ2) is 9.73. The van der Waals surface area contributed by atoms with Crippen molar-refractivity contribution in [1.82, 2.24) is 25.1 Å². The molecule has 0 aliphatic rings. The van der Waals surface area contributed by atoms with Gasteiger partial charge >= 0.3 is 0 Å². The molecule has 1 N–H and O–H groups in total. The summed E-state index contributed by atoms with van der Waals surface area (Å²) in [7, 11) is 3.38. The molecule has 0 unspecified atom stereocenters. The van der Waals surface area contributed by atoms with Crippen LogP contribution in [-0.2, 0) is 18.3 Å². The number of hydrogen-bond donors (Lipinski definition) is 1. The van der Waals surface area contributed by atoms with E-state index in [0.29, 0.717) is 42.2 Å². The van der Waals surface area contributed by atoms with Crippen molar-refractivity contribution in [3.05, 3.63) is 78.1 Å². The topological polar surface area (TPSA) is 78.0 Å². The van der Waals surface area contributed by atoms with E-state index in [9.17, 15) is 4.39 Å². The highest BCUT2D eigenvalue weighted by molar-refractivity contribution is 5.92. The number of hydrogen-bond acceptors (Lipinski definition) is 6. The molecule has 0 saturated carbocycles. The molecule has 5 rings (SSSR count). The van der Waals surface area contributed by atoms with Gasteiger partial charge in [-0.25, -0.2) is 13.8 Å². The summed E-state index contributed by atoms with van der Waals surface area (Å²) < 4.78 is 42.7. The van der Waals surface area contributed by atoms with Crippen molar-refractivity contribution < 1.29 is 17.9 Å². The van der Waals surface area contributed by atoms with Crippen LogP contribution < -0.4 is 5.32 Å². The summed E-state index contributed by atoms with van der Waals surface area (Å²) in [6.07, 6.45) is 1.54. The van der Waals surface area contributed by atoms with E-state index in [4.69, 9.17) is 9.15 Å². The van der Waals surface area contributed by atoms with Crippen molar-refractivity contribution in [2.45, 2.75) is 6.54 Å². The van der Waals surface area contributed by atoms with Crippen LogP contribution in [0, 0.1) is 11.6 Å². The molecule has 0 aliphatic heterocycles. The Balaban J connectivity index is 1.66. The third-order valence-electron chi connectivity index (χ3n) is 5.74. The highest BCUT2D eigenvalue weighted by Gasteiger charge is 2.25. The van der Waals surface area contributed by atoms with Gasteiger partial charge in [0.05, 0.1) is 12.2 Å². The largest absolute Gasteiger partial charge is 0.436 e. The van der Waals surface area contributed by atoms with Gasteiger partial charge in [0, 0.05) is 44.4 Å². The number of halogens is 2. The van der Waals surface area contributed by atoms with E-state index in [-0.39, 0.29) is 17.0 Å². The molecule has 0 radical (unpaired) electrons. The monoisotopic (exact) mass is 475 g/mol. The second-order valence-corrected chi connectivity index (χ2v) is 8.08. The van der Waals surface area contributed by atoms with Crippen LogP contribution in [0.1, 0.15) is 5.56 Å². The van der Waals surface area contributed by atoms with Gasteiger partial charge in [0.25, 0.3) is 0 Å². The Morgan fingerprint density at radius 3 is 2.60 bits per heavy atom. The lowest BCUT2D eigenvalue weighted by atomic mass is 9.94. The average Bonchev–Trinajstić information content (AvgIpc) is 3.47. The van der Waals surface area contributed by atoms with Crippen molar-refractivity contribution in [3.63, 3.8) is 0 Å². The number of rotatable bonds is 8. The van der Waals surface area contributed by atoms with E-state index in [1.54, 1.807) is 37.2 Å². The first-order chi connectivity index (χ1) is 17.1. The quantitative estimate of drug-likeness (QED) is 0.319. The maximum Gasteiger partial charge on any atom is 0.231 e. The Labute approximate surface area is 200 Å². The van der Waals surface area contributed by atoms with Gasteiger partial charge in [-0.2, -0.15) is 0 Å². The number of aryl methyl sites for hydroxylation is 1. The van der Waals surface area contributed by atoms with E-state index in [2.05, 4.69) is 20.5 Å². The lowest BCUT2D eigenvalue weighted by molar-refractivity contribution is 0.199. The van der Waals surface area contributed by atoms with Gasteiger partial charge < -0.3 is 19.0 Å². The van der Waals surface area contributed by atoms with Gasteiger partial charge in [-0.3, -0.25) is 0 Å². The summed E-state index contributed by atoms with van der Waals surface area (Å²) >= 11 is 0. The van der Waals surface area contributed by atoms with E-state index in [1.165, 1.54) is 12.1 Å². The summed E-state index contributed by atoms with van der Waals surface area (Å²) in [5, 5.41) is 11.3. The molecule has 5 aromatic rings. The Hall–Kier alpha value is -3.95. The van der Waals surface area contributed by atoms with Gasteiger partial charge in [-0.05, 0) is 23.3 Å². The van der Waals surface area contributed by atoms with E-state index in [1.807, 2.05) is 30.3 Å². The van der Waals surface area contributed by atoms with Crippen molar-refractivity contribution in [1.29, 1.82) is 0 Å². The molecule has 2 heterocycles. The Bertz CT molecular complexity index is 1480. The van der Waals surface area contributed by atoms with Crippen LogP contribution in [0.5, 0.6) is 0 Å². The molecule has 0 fully saturated rings. The molecular weight excluding hydrogens is 452 g/mol. The first kappa shape index (κ1) is 22.8. The Kier molecular flexibility index (Phi) is 6.35. The number of oxazole rings is 1. The minimum atomic E-state index is -0.531. The Morgan fingerprint density at radius 1 is 1.03 bits per heavy atom. The third-order valence-corrected chi connectivity index (χ3v) is 5.74. The molecule has 0 amide bonds. The number of benzene rings is 3. The predicted molar refractivity (Wildman–Crippen MR) is 128 cm³/mol. The predicted octanol–water partition coefficient (Wildman–Crippen LogP) is 4.97. The molecule has 0 atom stereocenters. The molecule has 178 valence electrons. The van der Waals surface area contributed by atoms with Crippen molar-refractivity contribution in [2.75, 3.05) is 20.3 Å². The Morgan fingerprint density at radius 2 is 1.86 bits per heavy atom. The normalized spacial score (nSPS) is 11.4. The summed E-state index contributed by atoms with van der Waals surface area (Å²) in [5.41, 5.74) is 3.34. The number of ether oxygens (including phenoxy) is 1. The van der Waals surface area contributed by atoms with Crippen LogP contribution in [0.25, 0.3) is 45.1 Å². The SMILES string of the molecule is COCCNCc1cc2nc(-c3c(F)ccc(-c4ccccc4)c3-c3nncn3C)oc2cc1F. The smallest absolute Gasteiger partial charge is 0.231 e. The molecule has 0 bridgehead atoms. The molecule has 3 aromatic carbocycles. The zero-order chi connectivity index (χ0) is 24.4. The van der Waals surface area contributed by atoms with E-state index in [0.717, 1.165) is 11.1 Å². The van der Waals surface area contributed by atoms with Crippen LogP contribution in [0.3, 0.4) is 0 Å². The third kappa shape index (κ3) is 4.43. The van der Waals surface area contributed by atoms with Crippen LogP contribution in [0.4, 0.5) is 8.78 Å². The molecule has 35 heavy (non-hydrogen) atoms. The van der Waals surface area contributed by atoms with Crippen LogP contribution >= 0.6 is 0 Å². The number of methoxy groups -OCH3 is 1. The summed E-state index contributed by atoms with van der Waals surface area (Å²) in [4.78, 5) is 4.54. The average molecular weight is 475 g/mol. The van der Waals surface area contributed by atoms with Crippen molar-refractivity contribution in [2.24, 2.45) is 7.05 Å². The lowest BCUT2D eigenvalue weighted by Gasteiger charge is -2.14. The van der Waals surface area contributed by atoms with Gasteiger partial charge in [0.15, 0.2) is 11.4 Å². The molecule has 0 aliphatic carbocycles. The van der Waals surface area contributed by atoms with Gasteiger partial charge in [-0.15, -0.1) is 10.2 Å². The standard InChI is InChI=1S/C26H23F2N5O2/c1-33-15-30-32-25(33)23-18(16-6-4-3-5-7-16)8-9-19(27)24(23)26-31-21-12-17(14-29-10-11-34-2)20(28)13-22(21)35-26/h3-9,12-13,15,29H,10-11,14H2,1-2H3. The van der Waals surface area contributed by atoms with Gasteiger partial charge in [0.1, 0.15) is 23.5 Å². The lowest BCUT2D eigenvalue weighted by Crippen LogP contribution is -2.19. The van der Waals surface area contributed by atoms with Crippen LogP contribution in [-0.4, -0.2) is 40.0 Å². The fourth-order valence-electron chi connectivity index (χ4n) is 4.02. The summed E-state index contributed by atoms with van der Waals surface area (Å²) in [5.74, 6) is -0.472. The number of nitrogens with one attached hydrogen (secondary N) is 1. The van der Waals surface area contributed by atoms with Gasteiger partial charge in [0.2, 0.25) is 5.89 Å². The van der Waals surface area contributed by atoms with Crippen LogP contribution in [0.2, 0.25) is 0 Å². The maximum absolute atomic E-state index is 15.4. The zero-order valence-corrected chi connectivity index (χ0v) is 19.3.